The van der Waals surface area contributed by atoms with Gasteiger partial charge in [-0.25, -0.2) is 0 Å². The average molecular weight is 259 g/mol. The van der Waals surface area contributed by atoms with E-state index in [1.54, 1.807) is 6.07 Å². The first-order valence-electron chi connectivity index (χ1n) is 4.68. The lowest BCUT2D eigenvalue weighted by atomic mass is 10.3. The second-order valence-corrected chi connectivity index (χ2v) is 5.68. The highest BCUT2D eigenvalue weighted by atomic mass is 32.2. The molecular formula is C9H13N3O4S. The number of benzene rings is 1. The van der Waals surface area contributed by atoms with Crippen molar-refractivity contribution < 1.29 is 13.3 Å². The smallest absolute Gasteiger partial charge is 0.258 e. The van der Waals surface area contributed by atoms with Gasteiger partial charge in [0.1, 0.15) is 5.69 Å². The lowest BCUT2D eigenvalue weighted by Crippen LogP contribution is -2.37. The molecule has 0 radical (unpaired) electrons. The molecule has 0 aliphatic heterocycles. The third-order valence-corrected chi connectivity index (χ3v) is 4.04. The van der Waals surface area contributed by atoms with E-state index in [9.17, 15) is 18.5 Å². The topological polar surface area (TPSA) is 83.8 Å². The van der Waals surface area contributed by atoms with Crippen LogP contribution in [-0.2, 0) is 10.2 Å². The first-order chi connectivity index (χ1) is 7.78. The van der Waals surface area contributed by atoms with Gasteiger partial charge < -0.3 is 0 Å². The Morgan fingerprint density at radius 3 is 2.18 bits per heavy atom. The van der Waals surface area contributed by atoms with Crippen molar-refractivity contribution >= 4 is 21.6 Å². The van der Waals surface area contributed by atoms with E-state index in [2.05, 4.69) is 0 Å². The van der Waals surface area contributed by atoms with Gasteiger partial charge in [-0.1, -0.05) is 12.1 Å². The normalized spacial score (nSPS) is 11.5. The van der Waals surface area contributed by atoms with Gasteiger partial charge in [0.25, 0.3) is 5.69 Å². The molecule has 8 heteroatoms. The quantitative estimate of drug-likeness (QED) is 0.592. The number of hydrogen-bond donors (Lipinski definition) is 0. The Labute approximate surface area is 99.6 Å². The molecule has 94 valence electrons. The second kappa shape index (κ2) is 4.68. The second-order valence-electron chi connectivity index (χ2n) is 3.50. The molecule has 0 unspecified atom stereocenters. The zero-order valence-corrected chi connectivity index (χ0v) is 10.5. The molecule has 0 aliphatic rings. The van der Waals surface area contributed by atoms with Gasteiger partial charge in [-0.3, -0.25) is 14.4 Å². The lowest BCUT2D eigenvalue weighted by Gasteiger charge is -2.22. The molecule has 0 bridgehead atoms. The molecule has 1 rings (SSSR count). The fourth-order valence-corrected chi connectivity index (χ4v) is 2.15. The molecular weight excluding hydrogens is 246 g/mol. The first kappa shape index (κ1) is 13.4. The molecule has 0 spiro atoms. The van der Waals surface area contributed by atoms with Crippen LogP contribution >= 0.6 is 0 Å². The standard InChI is InChI=1S/C9H13N3O4S/c1-10(2)17(15,16)11(3)8-6-4-5-7-9(8)12(13)14/h4-7H,1-3H3. The van der Waals surface area contributed by atoms with Gasteiger partial charge >= 0.3 is 10.2 Å². The zero-order valence-electron chi connectivity index (χ0n) is 9.69. The predicted octanol–water partition coefficient (Wildman–Crippen LogP) is 0.837. The van der Waals surface area contributed by atoms with Crippen molar-refractivity contribution in [1.82, 2.24) is 4.31 Å². The van der Waals surface area contributed by atoms with E-state index >= 15 is 0 Å². The fraction of sp³-hybridized carbons (Fsp3) is 0.333. The SMILES string of the molecule is CN(C)S(=O)(=O)N(C)c1ccccc1[N+](=O)[O-]. The molecule has 1 aromatic carbocycles. The Bertz CT molecular complexity index is 527. The number of para-hydroxylation sites is 2. The van der Waals surface area contributed by atoms with Crippen LogP contribution in [0.2, 0.25) is 0 Å². The van der Waals surface area contributed by atoms with Crippen LogP contribution in [0.15, 0.2) is 24.3 Å². The lowest BCUT2D eigenvalue weighted by molar-refractivity contribution is -0.384. The summed E-state index contributed by atoms with van der Waals surface area (Å²) in [6, 6.07) is 5.68. The van der Waals surface area contributed by atoms with Crippen LogP contribution in [-0.4, -0.2) is 38.8 Å². The molecule has 0 aromatic heterocycles. The third-order valence-electron chi connectivity index (χ3n) is 2.23. The van der Waals surface area contributed by atoms with Crippen LogP contribution in [0, 0.1) is 10.1 Å². The molecule has 0 atom stereocenters. The molecule has 0 fully saturated rings. The number of nitro groups is 1. The van der Waals surface area contributed by atoms with Crippen molar-refractivity contribution in [1.29, 1.82) is 0 Å². The van der Waals surface area contributed by atoms with Gasteiger partial charge in [0, 0.05) is 27.2 Å². The summed E-state index contributed by atoms with van der Waals surface area (Å²) in [5, 5.41) is 10.8. The summed E-state index contributed by atoms with van der Waals surface area (Å²) in [7, 11) is 0.275. The van der Waals surface area contributed by atoms with Crippen LogP contribution in [0.4, 0.5) is 11.4 Å². The van der Waals surface area contributed by atoms with Gasteiger partial charge in [-0.05, 0) is 6.07 Å². The van der Waals surface area contributed by atoms with Crippen LogP contribution < -0.4 is 4.31 Å². The predicted molar refractivity (Wildman–Crippen MR) is 64.1 cm³/mol. The first-order valence-corrected chi connectivity index (χ1v) is 6.08. The Balaban J connectivity index is 3.31. The Kier molecular flexibility index (Phi) is 3.69. The summed E-state index contributed by atoms with van der Waals surface area (Å²) in [6.45, 7) is 0. The monoisotopic (exact) mass is 259 g/mol. The summed E-state index contributed by atoms with van der Waals surface area (Å²) >= 11 is 0. The number of hydrogen-bond acceptors (Lipinski definition) is 4. The zero-order chi connectivity index (χ0) is 13.2. The Morgan fingerprint density at radius 1 is 1.18 bits per heavy atom. The summed E-state index contributed by atoms with van der Waals surface area (Å²) in [4.78, 5) is 10.2. The summed E-state index contributed by atoms with van der Waals surface area (Å²) < 4.78 is 25.5. The summed E-state index contributed by atoms with van der Waals surface area (Å²) in [6.07, 6.45) is 0. The van der Waals surface area contributed by atoms with Crippen molar-refractivity contribution in [2.24, 2.45) is 0 Å². The molecule has 7 nitrogen and oxygen atoms in total. The largest absolute Gasteiger partial charge is 0.303 e. The molecule has 0 saturated heterocycles. The number of nitro benzene ring substituents is 1. The highest BCUT2D eigenvalue weighted by molar-refractivity contribution is 7.90. The molecule has 0 N–H and O–H groups in total. The fourth-order valence-electron chi connectivity index (χ4n) is 1.25. The van der Waals surface area contributed by atoms with Crippen LogP contribution in [0.25, 0.3) is 0 Å². The van der Waals surface area contributed by atoms with E-state index in [0.717, 1.165) is 8.61 Å². The molecule has 1 aromatic rings. The van der Waals surface area contributed by atoms with Crippen LogP contribution in [0.3, 0.4) is 0 Å². The molecule has 0 aliphatic carbocycles. The molecule has 17 heavy (non-hydrogen) atoms. The average Bonchev–Trinajstić information content (AvgIpc) is 2.27. The van der Waals surface area contributed by atoms with E-state index in [1.165, 1.54) is 39.3 Å². The van der Waals surface area contributed by atoms with E-state index < -0.39 is 15.1 Å². The van der Waals surface area contributed by atoms with E-state index in [-0.39, 0.29) is 11.4 Å². The van der Waals surface area contributed by atoms with Crippen molar-refractivity contribution in [3.8, 4) is 0 Å². The highest BCUT2D eigenvalue weighted by Gasteiger charge is 2.26. The molecule has 0 amide bonds. The minimum Gasteiger partial charge on any atom is -0.258 e. The minimum atomic E-state index is -3.72. The van der Waals surface area contributed by atoms with Gasteiger partial charge in [0.05, 0.1) is 4.92 Å². The van der Waals surface area contributed by atoms with E-state index in [4.69, 9.17) is 0 Å². The molecule has 0 saturated carbocycles. The Hall–Kier alpha value is -1.67. The van der Waals surface area contributed by atoms with Crippen molar-refractivity contribution in [3.63, 3.8) is 0 Å². The third kappa shape index (κ3) is 2.53. The maximum absolute atomic E-state index is 11.8. The maximum Gasteiger partial charge on any atom is 0.303 e. The summed E-state index contributed by atoms with van der Waals surface area (Å²) in [5.41, 5.74) is -0.216. The van der Waals surface area contributed by atoms with Gasteiger partial charge in [0.15, 0.2) is 0 Å². The van der Waals surface area contributed by atoms with Crippen LogP contribution in [0.1, 0.15) is 0 Å². The van der Waals surface area contributed by atoms with Crippen LogP contribution in [0.5, 0.6) is 0 Å². The highest BCUT2D eigenvalue weighted by Crippen LogP contribution is 2.28. The van der Waals surface area contributed by atoms with Gasteiger partial charge in [0.2, 0.25) is 0 Å². The maximum atomic E-state index is 11.8. The Morgan fingerprint density at radius 2 is 1.71 bits per heavy atom. The van der Waals surface area contributed by atoms with Crippen molar-refractivity contribution in [2.75, 3.05) is 25.4 Å². The minimum absolute atomic E-state index is 0.0335. The number of nitrogens with zero attached hydrogens (tertiary/aromatic N) is 3. The van der Waals surface area contributed by atoms with Crippen molar-refractivity contribution in [2.45, 2.75) is 0 Å². The van der Waals surface area contributed by atoms with E-state index in [1.807, 2.05) is 0 Å². The van der Waals surface area contributed by atoms with E-state index in [0.29, 0.717) is 0 Å². The number of anilines is 1. The molecule has 0 heterocycles. The van der Waals surface area contributed by atoms with Gasteiger partial charge in [-0.2, -0.15) is 12.7 Å². The van der Waals surface area contributed by atoms with Gasteiger partial charge in [-0.15, -0.1) is 0 Å². The number of rotatable bonds is 4. The summed E-state index contributed by atoms with van der Waals surface area (Å²) in [5.74, 6) is 0. The van der Waals surface area contributed by atoms with Crippen molar-refractivity contribution in [3.05, 3.63) is 34.4 Å².